The van der Waals surface area contributed by atoms with Gasteiger partial charge in [0.2, 0.25) is 5.71 Å². The first kappa shape index (κ1) is 10.9. The maximum absolute atomic E-state index is 12.9. The average molecular weight is 253 g/mol. The van der Waals surface area contributed by atoms with Gasteiger partial charge in [-0.2, -0.15) is 13.2 Å². The summed E-state index contributed by atoms with van der Waals surface area (Å²) >= 11 is 0. The molecule has 6 heteroatoms. The highest BCUT2D eigenvalue weighted by Gasteiger charge is 2.35. The van der Waals surface area contributed by atoms with Crippen LogP contribution in [0.4, 0.5) is 13.2 Å². The Morgan fingerprint density at radius 2 is 1.89 bits per heavy atom. The Kier molecular flexibility index (Phi) is 2.04. The van der Waals surface area contributed by atoms with Crippen LogP contribution < -0.4 is 5.56 Å². The van der Waals surface area contributed by atoms with Crippen LogP contribution in [0.1, 0.15) is 5.56 Å². The lowest BCUT2D eigenvalue weighted by Gasteiger charge is -2.06. The molecule has 0 spiro atoms. The number of hydrogen-bond donors (Lipinski definition) is 1. The fourth-order valence-corrected chi connectivity index (χ4v) is 1.98. The maximum atomic E-state index is 12.9. The molecule has 0 aliphatic rings. The van der Waals surface area contributed by atoms with Gasteiger partial charge < -0.3 is 4.42 Å². The molecule has 18 heavy (non-hydrogen) atoms. The summed E-state index contributed by atoms with van der Waals surface area (Å²) in [6.07, 6.45) is -4.60. The number of alkyl halides is 3. The first-order valence-electron chi connectivity index (χ1n) is 5.08. The normalized spacial score (nSPS) is 12.4. The zero-order valence-corrected chi connectivity index (χ0v) is 8.84. The number of fused-ring (bicyclic) bond motifs is 3. The van der Waals surface area contributed by atoms with Gasteiger partial charge in [-0.3, -0.25) is 9.78 Å². The van der Waals surface area contributed by atoms with Gasteiger partial charge in [0.15, 0.2) is 0 Å². The Bertz CT molecular complexity index is 798. The van der Waals surface area contributed by atoms with Crippen molar-refractivity contribution in [1.82, 2.24) is 4.98 Å². The molecular formula is C12H6F3NO2. The molecule has 2 heterocycles. The smallest absolute Gasteiger partial charge is 0.417 e. The van der Waals surface area contributed by atoms with Crippen molar-refractivity contribution in [1.29, 1.82) is 0 Å². The Labute approximate surface area is 97.8 Å². The zero-order chi connectivity index (χ0) is 12.9. The molecule has 0 unspecified atom stereocenters. The summed E-state index contributed by atoms with van der Waals surface area (Å²) < 4.78 is 43.9. The molecular weight excluding hydrogens is 247 g/mol. The number of rotatable bonds is 0. The van der Waals surface area contributed by atoms with Crippen molar-refractivity contribution >= 4 is 22.1 Å². The topological polar surface area (TPSA) is 46.0 Å². The van der Waals surface area contributed by atoms with Crippen molar-refractivity contribution < 1.29 is 17.6 Å². The van der Waals surface area contributed by atoms with Crippen molar-refractivity contribution in [3.8, 4) is 0 Å². The monoisotopic (exact) mass is 253 g/mol. The molecule has 92 valence electrons. The summed E-state index contributed by atoms with van der Waals surface area (Å²) in [4.78, 5) is 13.5. The highest BCUT2D eigenvalue weighted by Crippen LogP contribution is 2.37. The molecule has 0 aliphatic heterocycles. The fourth-order valence-electron chi connectivity index (χ4n) is 1.98. The number of halogens is 3. The van der Waals surface area contributed by atoms with Crippen LogP contribution >= 0.6 is 0 Å². The van der Waals surface area contributed by atoms with E-state index in [0.717, 1.165) is 0 Å². The summed E-state index contributed by atoms with van der Waals surface area (Å²) in [5.74, 6) is 0. The van der Waals surface area contributed by atoms with E-state index in [1.165, 1.54) is 6.07 Å². The van der Waals surface area contributed by atoms with Crippen LogP contribution in [0.3, 0.4) is 0 Å². The molecule has 0 aliphatic carbocycles. The Hall–Kier alpha value is -2.24. The Morgan fingerprint density at radius 1 is 1.17 bits per heavy atom. The van der Waals surface area contributed by atoms with Crippen LogP contribution in [0, 0.1) is 0 Å². The van der Waals surface area contributed by atoms with E-state index in [-0.39, 0.29) is 11.1 Å². The van der Waals surface area contributed by atoms with Gasteiger partial charge in [-0.1, -0.05) is 18.2 Å². The van der Waals surface area contributed by atoms with Crippen molar-refractivity contribution in [2.45, 2.75) is 6.18 Å². The van der Waals surface area contributed by atoms with E-state index in [4.69, 9.17) is 4.42 Å². The van der Waals surface area contributed by atoms with Gasteiger partial charge in [-0.25, -0.2) is 0 Å². The van der Waals surface area contributed by atoms with E-state index >= 15 is 0 Å². The Balaban J connectivity index is 2.58. The Morgan fingerprint density at radius 3 is 2.61 bits per heavy atom. The van der Waals surface area contributed by atoms with Crippen molar-refractivity contribution in [3.05, 3.63) is 46.2 Å². The van der Waals surface area contributed by atoms with E-state index in [0.29, 0.717) is 17.0 Å². The van der Waals surface area contributed by atoms with E-state index in [1.54, 1.807) is 18.2 Å². The number of nitrogens with one attached hydrogen (secondary N) is 1. The van der Waals surface area contributed by atoms with E-state index in [2.05, 4.69) is 4.98 Å². The molecule has 0 radical (unpaired) electrons. The molecule has 3 nitrogen and oxygen atoms in total. The lowest BCUT2D eigenvalue weighted by Crippen LogP contribution is -2.13. The molecule has 3 rings (SSSR count). The van der Waals surface area contributed by atoms with Gasteiger partial charge in [-0.05, 0) is 6.07 Å². The van der Waals surface area contributed by atoms with Crippen LogP contribution in [-0.4, -0.2) is 4.98 Å². The summed E-state index contributed by atoms with van der Waals surface area (Å²) in [5.41, 5.74) is -1.67. The molecule has 0 amide bonds. The van der Waals surface area contributed by atoms with Gasteiger partial charge in [-0.15, -0.1) is 0 Å². The number of para-hydroxylation sites is 1. The number of aromatic nitrogens is 1. The summed E-state index contributed by atoms with van der Waals surface area (Å²) in [5, 5.41) is 0.216. The number of pyridine rings is 1. The molecule has 0 fully saturated rings. The maximum Gasteiger partial charge on any atom is 0.417 e. The minimum Gasteiger partial charge on any atom is -0.440 e. The molecule has 0 atom stereocenters. The van der Waals surface area contributed by atoms with E-state index < -0.39 is 17.3 Å². The first-order valence-corrected chi connectivity index (χ1v) is 5.08. The molecule has 1 aromatic carbocycles. The van der Waals surface area contributed by atoms with Crippen LogP contribution in [-0.2, 0) is 6.18 Å². The standard InChI is InChI=1S/C12H6F3NO2/c13-12(14,15)7-5-9(17)16-11-10(7)6-3-1-2-4-8(6)18-11/h1-5H,(H,16,17). The summed E-state index contributed by atoms with van der Waals surface area (Å²) in [6.45, 7) is 0. The largest absolute Gasteiger partial charge is 0.440 e. The highest BCUT2D eigenvalue weighted by molar-refractivity contribution is 6.05. The first-order chi connectivity index (χ1) is 8.47. The average Bonchev–Trinajstić information content (AvgIpc) is 2.64. The van der Waals surface area contributed by atoms with Gasteiger partial charge in [0, 0.05) is 11.5 Å². The van der Waals surface area contributed by atoms with Crippen molar-refractivity contribution in [3.63, 3.8) is 0 Å². The third kappa shape index (κ3) is 1.49. The van der Waals surface area contributed by atoms with Gasteiger partial charge >= 0.3 is 6.18 Å². The SMILES string of the molecule is O=c1cc(C(F)(F)F)c2c([nH]1)oc1ccccc12. The molecule has 2 aromatic heterocycles. The van der Waals surface area contributed by atoms with E-state index in [1.807, 2.05) is 0 Å². The van der Waals surface area contributed by atoms with Crippen LogP contribution in [0.25, 0.3) is 22.1 Å². The second kappa shape index (κ2) is 3.38. The number of furan rings is 1. The molecule has 1 N–H and O–H groups in total. The second-order valence-electron chi connectivity index (χ2n) is 3.85. The third-order valence-electron chi connectivity index (χ3n) is 2.68. The molecule has 0 saturated carbocycles. The molecule has 0 saturated heterocycles. The highest BCUT2D eigenvalue weighted by atomic mass is 19.4. The van der Waals surface area contributed by atoms with Gasteiger partial charge in [0.1, 0.15) is 5.58 Å². The lowest BCUT2D eigenvalue weighted by molar-refractivity contribution is -0.136. The van der Waals surface area contributed by atoms with Gasteiger partial charge in [0.25, 0.3) is 5.56 Å². The number of aromatic amines is 1. The lowest BCUT2D eigenvalue weighted by atomic mass is 10.1. The zero-order valence-electron chi connectivity index (χ0n) is 8.84. The van der Waals surface area contributed by atoms with Crippen molar-refractivity contribution in [2.24, 2.45) is 0 Å². The molecule has 3 aromatic rings. The third-order valence-corrected chi connectivity index (χ3v) is 2.68. The summed E-state index contributed by atoms with van der Waals surface area (Å²) in [6, 6.07) is 6.88. The second-order valence-corrected chi connectivity index (χ2v) is 3.85. The van der Waals surface area contributed by atoms with Crippen LogP contribution in [0.5, 0.6) is 0 Å². The van der Waals surface area contributed by atoms with Gasteiger partial charge in [0.05, 0.1) is 10.9 Å². The fraction of sp³-hybridized carbons (Fsp3) is 0.0833. The molecule has 0 bridgehead atoms. The predicted molar refractivity (Wildman–Crippen MR) is 59.3 cm³/mol. The minimum absolute atomic E-state index is 0.113. The minimum atomic E-state index is -4.60. The quantitative estimate of drug-likeness (QED) is 0.668. The van der Waals surface area contributed by atoms with Crippen molar-refractivity contribution in [2.75, 3.05) is 0 Å². The number of benzene rings is 1. The van der Waals surface area contributed by atoms with Crippen LogP contribution in [0.15, 0.2) is 39.5 Å². The van der Waals surface area contributed by atoms with Crippen LogP contribution in [0.2, 0.25) is 0 Å². The summed E-state index contributed by atoms with van der Waals surface area (Å²) in [7, 11) is 0. The number of H-pyrrole nitrogens is 1. The van der Waals surface area contributed by atoms with E-state index in [9.17, 15) is 18.0 Å². The number of hydrogen-bond acceptors (Lipinski definition) is 2. The predicted octanol–water partition coefficient (Wildman–Crippen LogP) is 3.29.